The molecule has 3 rings (SSSR count). The predicted octanol–water partition coefficient (Wildman–Crippen LogP) is 5.53. The topological polar surface area (TPSA) is 67.2 Å². The molecule has 3 aromatic rings. The van der Waals surface area contributed by atoms with Crippen LogP contribution in [0.3, 0.4) is 0 Å². The highest BCUT2D eigenvalue weighted by Crippen LogP contribution is 2.25. The van der Waals surface area contributed by atoms with E-state index >= 15 is 0 Å². The fourth-order valence-electron chi connectivity index (χ4n) is 2.78. The summed E-state index contributed by atoms with van der Waals surface area (Å²) in [5, 5.41) is 7.96. The van der Waals surface area contributed by atoms with Crippen LogP contribution in [0.15, 0.2) is 52.9 Å². The Morgan fingerprint density at radius 1 is 1.13 bits per heavy atom. The molecule has 10 heteroatoms. The number of amides is 2. The molecule has 0 spiro atoms. The maximum atomic E-state index is 12.4. The fraction of sp³-hybridized carbons (Fsp3) is 0.238. The highest BCUT2D eigenvalue weighted by molar-refractivity contribution is 8.01. The van der Waals surface area contributed by atoms with Gasteiger partial charge in [0.05, 0.1) is 11.4 Å². The van der Waals surface area contributed by atoms with Crippen LogP contribution in [0.25, 0.3) is 5.69 Å². The molecule has 0 atom stereocenters. The Hall–Kier alpha value is -2.20. The molecule has 0 bridgehead atoms. The van der Waals surface area contributed by atoms with Gasteiger partial charge in [-0.2, -0.15) is 0 Å². The van der Waals surface area contributed by atoms with Gasteiger partial charge < -0.3 is 10.2 Å². The van der Waals surface area contributed by atoms with E-state index in [1.165, 1.54) is 23.1 Å². The molecule has 1 heterocycles. The summed E-state index contributed by atoms with van der Waals surface area (Å²) in [5.74, 6) is 0.0196. The zero-order valence-electron chi connectivity index (χ0n) is 17.0. The summed E-state index contributed by atoms with van der Waals surface area (Å²) in [4.78, 5) is 26.4. The molecule has 6 nitrogen and oxygen atoms in total. The number of carbonyl (C=O) groups is 2. The number of thioether (sulfide) groups is 1. The van der Waals surface area contributed by atoms with Gasteiger partial charge in [0.2, 0.25) is 5.91 Å². The third kappa shape index (κ3) is 6.16. The Morgan fingerprint density at radius 3 is 2.39 bits per heavy atom. The lowest BCUT2D eigenvalue weighted by molar-refractivity contribution is -0.113. The number of anilines is 1. The van der Waals surface area contributed by atoms with E-state index in [2.05, 4.69) is 10.4 Å². The lowest BCUT2D eigenvalue weighted by Gasteiger charge is -2.18. The van der Waals surface area contributed by atoms with Gasteiger partial charge in [0.15, 0.2) is 8.29 Å². The Kier molecular flexibility index (Phi) is 8.25. The molecule has 0 unspecified atom stereocenters. The summed E-state index contributed by atoms with van der Waals surface area (Å²) >= 11 is 14.0. The van der Waals surface area contributed by atoms with Crippen molar-refractivity contribution < 1.29 is 9.59 Å². The second-order valence-electron chi connectivity index (χ2n) is 6.41. The van der Waals surface area contributed by atoms with Crippen molar-refractivity contribution >= 4 is 64.4 Å². The van der Waals surface area contributed by atoms with Gasteiger partial charge in [0.1, 0.15) is 0 Å². The van der Waals surface area contributed by atoms with Crippen LogP contribution in [-0.4, -0.2) is 45.3 Å². The van der Waals surface area contributed by atoms with Gasteiger partial charge >= 0.3 is 0 Å². The minimum Gasteiger partial charge on any atom is -0.339 e. The maximum Gasteiger partial charge on any atom is 0.253 e. The van der Waals surface area contributed by atoms with Crippen LogP contribution in [-0.2, 0) is 4.79 Å². The zero-order chi connectivity index (χ0) is 22.4. The van der Waals surface area contributed by atoms with Crippen molar-refractivity contribution in [2.24, 2.45) is 0 Å². The lowest BCUT2D eigenvalue weighted by Crippen LogP contribution is -2.30. The first-order chi connectivity index (χ1) is 14.9. The Morgan fingerprint density at radius 2 is 1.77 bits per heavy atom. The number of nitrogens with zero attached hydrogens (tertiary/aromatic N) is 3. The second kappa shape index (κ2) is 10.9. The van der Waals surface area contributed by atoms with E-state index in [0.717, 1.165) is 5.69 Å². The number of benzene rings is 2. The molecule has 0 radical (unpaired) electrons. The second-order valence-corrected chi connectivity index (χ2v) is 9.70. The van der Waals surface area contributed by atoms with Gasteiger partial charge in [-0.15, -0.1) is 5.10 Å². The normalized spacial score (nSPS) is 10.7. The standard InChI is InChI=1S/C21H21ClN4O2S3/c1-3-25(4-2)19(28)14-5-9-16(10-6-14)23-18(27)13-30-20-24-26(21(29)31-20)17-11-7-15(22)8-12-17/h5-12H,3-4,13H2,1-2H3,(H,23,27). The zero-order valence-corrected chi connectivity index (χ0v) is 20.2. The molecule has 31 heavy (non-hydrogen) atoms. The number of rotatable bonds is 8. The lowest BCUT2D eigenvalue weighted by atomic mass is 10.2. The largest absolute Gasteiger partial charge is 0.339 e. The summed E-state index contributed by atoms with van der Waals surface area (Å²) in [6.45, 7) is 5.21. The molecule has 0 aliphatic heterocycles. The van der Waals surface area contributed by atoms with E-state index in [4.69, 9.17) is 23.8 Å². The van der Waals surface area contributed by atoms with Crippen LogP contribution in [0.4, 0.5) is 5.69 Å². The van der Waals surface area contributed by atoms with Crippen LogP contribution in [0.5, 0.6) is 0 Å². The van der Waals surface area contributed by atoms with Gasteiger partial charge in [-0.3, -0.25) is 9.59 Å². The SMILES string of the molecule is CCN(CC)C(=O)c1ccc(NC(=O)CSc2nn(-c3ccc(Cl)cc3)c(=S)s2)cc1. The minimum atomic E-state index is -0.160. The molecule has 0 aliphatic carbocycles. The predicted molar refractivity (Wildman–Crippen MR) is 130 cm³/mol. The fourth-order valence-corrected chi connectivity index (χ4v) is 5.07. The van der Waals surface area contributed by atoms with Crippen molar-refractivity contribution in [1.29, 1.82) is 0 Å². The highest BCUT2D eigenvalue weighted by Gasteiger charge is 2.13. The van der Waals surface area contributed by atoms with Gasteiger partial charge in [-0.1, -0.05) is 34.7 Å². The van der Waals surface area contributed by atoms with Gasteiger partial charge in [-0.05, 0) is 74.6 Å². The summed E-state index contributed by atoms with van der Waals surface area (Å²) < 4.78 is 2.95. The van der Waals surface area contributed by atoms with Crippen LogP contribution < -0.4 is 5.32 Å². The van der Waals surface area contributed by atoms with E-state index in [1.54, 1.807) is 46.0 Å². The molecule has 2 aromatic carbocycles. The first-order valence-electron chi connectivity index (χ1n) is 9.59. The monoisotopic (exact) mass is 492 g/mol. The molecule has 0 fully saturated rings. The molecule has 0 saturated carbocycles. The van der Waals surface area contributed by atoms with Gasteiger partial charge in [-0.25, -0.2) is 4.68 Å². The van der Waals surface area contributed by atoms with Crippen LogP contribution in [0, 0.1) is 3.95 Å². The Bertz CT molecular complexity index is 1110. The third-order valence-corrected chi connectivity index (χ3v) is 7.01. The molecule has 0 aliphatic rings. The van der Waals surface area contributed by atoms with Crippen LogP contribution in [0.2, 0.25) is 5.02 Å². The minimum absolute atomic E-state index is 0.0177. The molecular weight excluding hydrogens is 472 g/mol. The number of aromatic nitrogens is 2. The highest BCUT2D eigenvalue weighted by atomic mass is 35.5. The van der Waals surface area contributed by atoms with Crippen LogP contribution in [0.1, 0.15) is 24.2 Å². The quantitative estimate of drug-likeness (QED) is 0.331. The first kappa shape index (κ1) is 23.5. The number of hydrogen-bond donors (Lipinski definition) is 1. The van der Waals surface area contributed by atoms with Gasteiger partial charge in [0, 0.05) is 29.4 Å². The number of halogens is 1. The van der Waals surface area contributed by atoms with E-state index in [9.17, 15) is 9.59 Å². The first-order valence-corrected chi connectivity index (χ1v) is 12.2. The third-order valence-electron chi connectivity index (χ3n) is 4.39. The number of hydrogen-bond acceptors (Lipinski definition) is 6. The molecular formula is C21H21ClN4O2S3. The van der Waals surface area contributed by atoms with Gasteiger partial charge in [0.25, 0.3) is 5.91 Å². The Balaban J connectivity index is 1.57. The average molecular weight is 493 g/mol. The molecule has 1 N–H and O–H groups in total. The molecule has 0 saturated heterocycles. The van der Waals surface area contributed by atoms with Crippen molar-refractivity contribution in [3.05, 3.63) is 63.1 Å². The number of nitrogens with one attached hydrogen (secondary N) is 1. The van der Waals surface area contributed by atoms with Crippen molar-refractivity contribution in [2.75, 3.05) is 24.2 Å². The smallest absolute Gasteiger partial charge is 0.253 e. The molecule has 2 amide bonds. The summed E-state index contributed by atoms with van der Waals surface area (Å²) in [6, 6.07) is 14.2. The van der Waals surface area contributed by atoms with E-state index < -0.39 is 0 Å². The number of carbonyl (C=O) groups excluding carboxylic acids is 2. The molecule has 1 aromatic heterocycles. The molecule has 162 valence electrons. The average Bonchev–Trinajstić information content (AvgIpc) is 3.14. The Labute approximate surface area is 199 Å². The van der Waals surface area contributed by atoms with Crippen LogP contribution >= 0.6 is 46.9 Å². The van der Waals surface area contributed by atoms with Crippen molar-refractivity contribution in [3.8, 4) is 5.69 Å². The summed E-state index contributed by atoms with van der Waals surface area (Å²) in [5.41, 5.74) is 2.06. The summed E-state index contributed by atoms with van der Waals surface area (Å²) in [7, 11) is 0. The van der Waals surface area contributed by atoms with Crippen molar-refractivity contribution in [3.63, 3.8) is 0 Å². The van der Waals surface area contributed by atoms with E-state index in [0.29, 0.717) is 37.7 Å². The summed E-state index contributed by atoms with van der Waals surface area (Å²) in [6.07, 6.45) is 0. The van der Waals surface area contributed by atoms with Crippen molar-refractivity contribution in [1.82, 2.24) is 14.7 Å². The van der Waals surface area contributed by atoms with E-state index in [1.807, 2.05) is 26.0 Å². The van der Waals surface area contributed by atoms with E-state index in [-0.39, 0.29) is 17.6 Å². The van der Waals surface area contributed by atoms with Crippen molar-refractivity contribution in [2.45, 2.75) is 18.2 Å². The maximum absolute atomic E-state index is 12.4.